The fraction of sp³-hybridized carbons (Fsp3) is 0.158. The van der Waals surface area contributed by atoms with E-state index in [1.54, 1.807) is 41.3 Å². The third kappa shape index (κ3) is 3.50. The minimum atomic E-state index is -0.618. The first-order valence-corrected chi connectivity index (χ1v) is 8.32. The molecule has 0 aliphatic heterocycles. The van der Waals surface area contributed by atoms with Crippen LogP contribution < -0.4 is 5.56 Å². The quantitative estimate of drug-likeness (QED) is 0.504. The van der Waals surface area contributed by atoms with Crippen LogP contribution in [-0.2, 0) is 17.9 Å². The maximum absolute atomic E-state index is 12.2. The number of aryl methyl sites for hydroxylation is 1. The molecule has 0 saturated heterocycles. The molecule has 8 heteroatoms. The monoisotopic (exact) mass is 364 g/mol. The highest BCUT2D eigenvalue weighted by atomic mass is 16.5. The molecule has 0 spiro atoms. The summed E-state index contributed by atoms with van der Waals surface area (Å²) >= 11 is 0. The molecule has 0 fully saturated rings. The Labute approximate surface area is 153 Å². The highest BCUT2D eigenvalue weighted by Gasteiger charge is 2.14. The Morgan fingerprint density at radius 2 is 2.11 bits per heavy atom. The number of hydrogen-bond donors (Lipinski definition) is 0. The van der Waals surface area contributed by atoms with E-state index in [9.17, 15) is 9.59 Å². The van der Waals surface area contributed by atoms with Crippen LogP contribution in [-0.4, -0.2) is 25.1 Å². The fourth-order valence-electron chi connectivity index (χ4n) is 2.77. The Morgan fingerprint density at radius 1 is 1.22 bits per heavy atom. The first-order chi connectivity index (χ1) is 13.1. The van der Waals surface area contributed by atoms with Crippen LogP contribution in [0.4, 0.5) is 0 Å². The smallest absolute Gasteiger partial charge is 0.374 e. The van der Waals surface area contributed by atoms with Gasteiger partial charge in [-0.25, -0.2) is 9.78 Å². The summed E-state index contributed by atoms with van der Waals surface area (Å²) in [6.45, 7) is 2.13. The van der Waals surface area contributed by atoms with E-state index in [0.29, 0.717) is 23.6 Å². The van der Waals surface area contributed by atoms with E-state index in [0.717, 1.165) is 5.69 Å². The van der Waals surface area contributed by atoms with Gasteiger partial charge in [0.1, 0.15) is 18.0 Å². The van der Waals surface area contributed by atoms with Crippen LogP contribution in [0.2, 0.25) is 0 Å². The molecule has 4 aromatic rings. The van der Waals surface area contributed by atoms with Crippen molar-refractivity contribution in [3.05, 3.63) is 88.1 Å². The van der Waals surface area contributed by atoms with Crippen molar-refractivity contribution in [2.24, 2.45) is 0 Å². The van der Waals surface area contributed by atoms with Gasteiger partial charge in [0.25, 0.3) is 5.56 Å². The Balaban J connectivity index is 1.46. The first kappa shape index (κ1) is 16.8. The van der Waals surface area contributed by atoms with Crippen molar-refractivity contribution in [3.63, 3.8) is 0 Å². The molecule has 0 atom stereocenters. The summed E-state index contributed by atoms with van der Waals surface area (Å²) in [5.74, 6) is 0.0571. The second-order valence-electron chi connectivity index (χ2n) is 5.99. The van der Waals surface area contributed by atoms with Crippen molar-refractivity contribution in [2.75, 3.05) is 0 Å². The molecule has 4 aromatic heterocycles. The van der Waals surface area contributed by atoms with Gasteiger partial charge < -0.3 is 9.15 Å². The molecule has 0 unspecified atom stereocenters. The predicted octanol–water partition coefficient (Wildman–Crippen LogP) is 2.20. The summed E-state index contributed by atoms with van der Waals surface area (Å²) < 4.78 is 13.9. The van der Waals surface area contributed by atoms with E-state index in [2.05, 4.69) is 10.1 Å². The lowest BCUT2D eigenvalue weighted by Crippen LogP contribution is -2.18. The number of nitrogens with zero attached hydrogens (tertiary/aromatic N) is 4. The summed E-state index contributed by atoms with van der Waals surface area (Å²) in [5.41, 5.74) is 1.45. The molecular weight excluding hydrogens is 348 g/mol. The Morgan fingerprint density at radius 3 is 2.93 bits per heavy atom. The van der Waals surface area contributed by atoms with Gasteiger partial charge in [-0.2, -0.15) is 5.10 Å². The molecule has 0 amide bonds. The fourth-order valence-corrected chi connectivity index (χ4v) is 2.77. The van der Waals surface area contributed by atoms with Gasteiger partial charge in [-0.15, -0.1) is 0 Å². The van der Waals surface area contributed by atoms with Crippen LogP contribution in [0.1, 0.15) is 27.7 Å². The van der Waals surface area contributed by atoms with Gasteiger partial charge in [0.15, 0.2) is 0 Å². The number of carbonyl (C=O) groups is 1. The van der Waals surface area contributed by atoms with E-state index in [1.165, 1.54) is 10.5 Å². The van der Waals surface area contributed by atoms with Crippen LogP contribution in [0.5, 0.6) is 0 Å². The lowest BCUT2D eigenvalue weighted by Gasteiger charge is -2.07. The summed E-state index contributed by atoms with van der Waals surface area (Å²) in [4.78, 5) is 28.8. The van der Waals surface area contributed by atoms with Crippen LogP contribution in [0.15, 0.2) is 64.1 Å². The zero-order valence-corrected chi connectivity index (χ0v) is 14.5. The molecular formula is C19H16N4O4. The van der Waals surface area contributed by atoms with Crippen LogP contribution in [0, 0.1) is 6.92 Å². The number of fused-ring (bicyclic) bond motifs is 1. The van der Waals surface area contributed by atoms with Crippen LogP contribution >= 0.6 is 0 Å². The summed E-state index contributed by atoms with van der Waals surface area (Å²) in [6.07, 6.45) is 3.46. The molecule has 0 aliphatic carbocycles. The second-order valence-corrected chi connectivity index (χ2v) is 5.99. The molecule has 0 radical (unpaired) electrons. The number of aromatic nitrogens is 4. The summed E-state index contributed by atoms with van der Waals surface area (Å²) in [5, 5.41) is 4.08. The minimum absolute atomic E-state index is 0.0884. The standard InChI is InChI=1S/C19H16N4O4/c1-13-4-2-5-17-21-14(10-18(24)23(13)17)12-26-19(25)16-7-6-15(27-16)11-22-9-3-8-20-22/h2-10H,11-12H2,1H3. The third-order valence-corrected chi connectivity index (χ3v) is 4.02. The lowest BCUT2D eigenvalue weighted by molar-refractivity contribution is 0.0429. The normalized spacial score (nSPS) is 11.0. The largest absolute Gasteiger partial charge is 0.453 e. The van der Waals surface area contributed by atoms with E-state index in [1.807, 2.05) is 19.1 Å². The van der Waals surface area contributed by atoms with Gasteiger partial charge in [0.2, 0.25) is 5.76 Å². The van der Waals surface area contributed by atoms with Gasteiger partial charge in [0, 0.05) is 24.2 Å². The molecule has 27 heavy (non-hydrogen) atoms. The van der Waals surface area contributed by atoms with E-state index >= 15 is 0 Å². The highest BCUT2D eigenvalue weighted by molar-refractivity contribution is 5.86. The zero-order chi connectivity index (χ0) is 18.8. The average molecular weight is 364 g/mol. The molecule has 8 nitrogen and oxygen atoms in total. The lowest BCUT2D eigenvalue weighted by atomic mass is 10.3. The van der Waals surface area contributed by atoms with E-state index in [-0.39, 0.29) is 17.9 Å². The SMILES string of the molecule is Cc1cccc2nc(COC(=O)c3ccc(Cn4cccn4)o3)cc(=O)n12. The van der Waals surface area contributed by atoms with Crippen molar-refractivity contribution in [2.45, 2.75) is 20.1 Å². The van der Waals surface area contributed by atoms with Crippen molar-refractivity contribution in [1.29, 1.82) is 0 Å². The van der Waals surface area contributed by atoms with Crippen molar-refractivity contribution >= 4 is 11.6 Å². The van der Waals surface area contributed by atoms with Crippen LogP contribution in [0.3, 0.4) is 0 Å². The number of furan rings is 1. The van der Waals surface area contributed by atoms with Gasteiger partial charge in [0.05, 0.1) is 12.2 Å². The molecule has 0 N–H and O–H groups in total. The van der Waals surface area contributed by atoms with Crippen molar-refractivity contribution in [1.82, 2.24) is 19.2 Å². The second kappa shape index (κ2) is 6.91. The molecule has 4 rings (SSSR count). The molecule has 4 heterocycles. The molecule has 0 bridgehead atoms. The zero-order valence-electron chi connectivity index (χ0n) is 14.5. The number of ether oxygens (including phenoxy) is 1. The Hall–Kier alpha value is -3.68. The summed E-state index contributed by atoms with van der Waals surface area (Å²) in [6, 6.07) is 11.8. The Bertz CT molecular complexity index is 1160. The number of carbonyl (C=O) groups excluding carboxylic acids is 1. The molecule has 0 aliphatic rings. The molecule has 0 saturated carbocycles. The Kier molecular flexibility index (Phi) is 4.29. The van der Waals surface area contributed by atoms with Crippen molar-refractivity contribution in [3.8, 4) is 0 Å². The highest BCUT2D eigenvalue weighted by Crippen LogP contribution is 2.12. The summed E-state index contributed by atoms with van der Waals surface area (Å²) in [7, 11) is 0. The third-order valence-electron chi connectivity index (χ3n) is 4.02. The molecule has 0 aromatic carbocycles. The molecule has 136 valence electrons. The average Bonchev–Trinajstić information content (AvgIpc) is 3.32. The maximum atomic E-state index is 12.2. The van der Waals surface area contributed by atoms with Gasteiger partial charge >= 0.3 is 5.97 Å². The van der Waals surface area contributed by atoms with Gasteiger partial charge in [-0.3, -0.25) is 13.9 Å². The first-order valence-electron chi connectivity index (χ1n) is 8.32. The number of pyridine rings is 1. The van der Waals surface area contributed by atoms with Gasteiger partial charge in [-0.05, 0) is 37.3 Å². The van der Waals surface area contributed by atoms with E-state index in [4.69, 9.17) is 9.15 Å². The maximum Gasteiger partial charge on any atom is 0.374 e. The number of hydrogen-bond acceptors (Lipinski definition) is 6. The number of esters is 1. The van der Waals surface area contributed by atoms with E-state index < -0.39 is 5.97 Å². The van der Waals surface area contributed by atoms with Crippen LogP contribution in [0.25, 0.3) is 5.65 Å². The predicted molar refractivity (Wildman–Crippen MR) is 95.4 cm³/mol. The topological polar surface area (TPSA) is 91.6 Å². The minimum Gasteiger partial charge on any atom is -0.453 e. The van der Waals surface area contributed by atoms with Gasteiger partial charge in [-0.1, -0.05) is 6.07 Å². The number of rotatable bonds is 5. The van der Waals surface area contributed by atoms with Crippen molar-refractivity contribution < 1.29 is 13.9 Å².